The van der Waals surface area contributed by atoms with Crippen LogP contribution >= 0.6 is 0 Å². The molecule has 2 aromatic carbocycles. The molecule has 1 aromatic heterocycles. The summed E-state index contributed by atoms with van der Waals surface area (Å²) in [6, 6.07) is 14.0. The van der Waals surface area contributed by atoms with Crippen molar-refractivity contribution in [2.24, 2.45) is 0 Å². The van der Waals surface area contributed by atoms with Crippen LogP contribution in [0.15, 0.2) is 54.9 Å². The first kappa shape index (κ1) is 24.0. The van der Waals surface area contributed by atoms with Gasteiger partial charge in [-0.3, -0.25) is 9.59 Å². The molecule has 1 aliphatic heterocycles. The lowest BCUT2D eigenvalue weighted by atomic mass is 10.1. The highest BCUT2D eigenvalue weighted by atomic mass is 16.5. The van der Waals surface area contributed by atoms with Gasteiger partial charge in [0.1, 0.15) is 30.3 Å². The maximum Gasteiger partial charge on any atom is 0.291 e. The molecular weight excluding hydrogens is 446 g/mol. The van der Waals surface area contributed by atoms with Gasteiger partial charge in [-0.15, -0.1) is 5.10 Å². The summed E-state index contributed by atoms with van der Waals surface area (Å²) in [4.78, 5) is 31.8. The number of nitrogens with zero attached hydrogens (tertiary/aromatic N) is 4. The van der Waals surface area contributed by atoms with Crippen LogP contribution in [0.25, 0.3) is 0 Å². The number of anilines is 1. The maximum atomic E-state index is 13.3. The second-order valence-corrected chi connectivity index (χ2v) is 8.66. The number of carbonyl (C=O) groups is 2. The van der Waals surface area contributed by atoms with Crippen molar-refractivity contribution in [3.8, 4) is 17.6 Å². The molecule has 2 amide bonds. The van der Waals surface area contributed by atoms with Crippen LogP contribution in [-0.2, 0) is 11.3 Å². The molecule has 0 radical (unpaired) electrons. The van der Waals surface area contributed by atoms with Crippen molar-refractivity contribution >= 4 is 17.5 Å². The van der Waals surface area contributed by atoms with E-state index >= 15 is 0 Å². The predicted octanol–water partition coefficient (Wildman–Crippen LogP) is 1.99. The lowest BCUT2D eigenvalue weighted by Crippen LogP contribution is -2.50. The Morgan fingerprint density at radius 1 is 1.26 bits per heavy atom. The molecule has 0 unspecified atom stereocenters. The topological polar surface area (TPSA) is 110 Å². The minimum Gasteiger partial charge on any atom is -0.489 e. The molecular formula is C26H27N5O4. The average molecular weight is 474 g/mol. The third-order valence-corrected chi connectivity index (χ3v) is 5.28. The van der Waals surface area contributed by atoms with Crippen molar-refractivity contribution in [1.82, 2.24) is 20.1 Å². The van der Waals surface area contributed by atoms with Crippen molar-refractivity contribution in [2.45, 2.75) is 39.0 Å². The van der Waals surface area contributed by atoms with Crippen LogP contribution in [0.3, 0.4) is 0 Å². The standard InChI is InChI=1S/C26H27N5O4/c1-4-31-21-14-18(12-13-26(2,3)34)10-11-22(21)35-16-20(25(31)33)28-24(32)23-27-17-30(29-23)15-19-8-6-5-7-9-19/h5-11,14,17,20,34H,4,15-16H2,1-3H3,(H,28,32)/t20-/m0/s1. The van der Waals surface area contributed by atoms with Gasteiger partial charge in [-0.25, -0.2) is 9.67 Å². The van der Waals surface area contributed by atoms with Crippen LogP contribution in [0.1, 0.15) is 42.5 Å². The second-order valence-electron chi connectivity index (χ2n) is 8.66. The molecule has 3 aromatic rings. The van der Waals surface area contributed by atoms with Crippen LogP contribution in [0.2, 0.25) is 0 Å². The summed E-state index contributed by atoms with van der Waals surface area (Å²) in [6.45, 7) is 5.85. The molecule has 0 saturated carbocycles. The molecule has 2 heterocycles. The molecule has 1 aliphatic rings. The fraction of sp³-hybridized carbons (Fsp3) is 0.308. The highest BCUT2D eigenvalue weighted by Gasteiger charge is 2.33. The average Bonchev–Trinajstić information content (AvgIpc) is 3.25. The number of amides is 2. The Labute approximate surface area is 203 Å². The lowest BCUT2D eigenvalue weighted by Gasteiger charge is -2.23. The maximum absolute atomic E-state index is 13.3. The summed E-state index contributed by atoms with van der Waals surface area (Å²) in [5.74, 6) is 5.30. The molecule has 35 heavy (non-hydrogen) atoms. The summed E-state index contributed by atoms with van der Waals surface area (Å²) in [7, 11) is 0. The molecule has 0 spiro atoms. The van der Waals surface area contributed by atoms with Gasteiger partial charge in [0.05, 0.1) is 12.2 Å². The van der Waals surface area contributed by atoms with Gasteiger partial charge in [0, 0.05) is 12.1 Å². The van der Waals surface area contributed by atoms with E-state index in [1.807, 2.05) is 37.3 Å². The zero-order valence-corrected chi connectivity index (χ0v) is 19.9. The summed E-state index contributed by atoms with van der Waals surface area (Å²) >= 11 is 0. The van der Waals surface area contributed by atoms with E-state index in [1.165, 1.54) is 6.33 Å². The number of rotatable bonds is 5. The number of nitrogens with one attached hydrogen (secondary N) is 1. The third-order valence-electron chi connectivity index (χ3n) is 5.28. The Hall–Kier alpha value is -4.16. The van der Waals surface area contributed by atoms with Gasteiger partial charge in [0.25, 0.3) is 11.8 Å². The van der Waals surface area contributed by atoms with E-state index in [9.17, 15) is 14.7 Å². The number of hydrogen-bond acceptors (Lipinski definition) is 6. The van der Waals surface area contributed by atoms with E-state index < -0.39 is 17.6 Å². The van der Waals surface area contributed by atoms with Gasteiger partial charge >= 0.3 is 0 Å². The van der Waals surface area contributed by atoms with Gasteiger partial charge in [-0.2, -0.15) is 0 Å². The Bertz CT molecular complexity index is 1280. The van der Waals surface area contributed by atoms with E-state index in [4.69, 9.17) is 4.74 Å². The Balaban J connectivity index is 1.49. The molecule has 1 atom stereocenters. The first-order chi connectivity index (χ1) is 16.7. The van der Waals surface area contributed by atoms with Gasteiger partial charge in [-0.1, -0.05) is 42.2 Å². The fourth-order valence-electron chi connectivity index (χ4n) is 3.60. The normalized spacial score (nSPS) is 15.4. The largest absolute Gasteiger partial charge is 0.489 e. The number of aliphatic hydroxyl groups is 1. The van der Waals surface area contributed by atoms with Crippen molar-refractivity contribution in [2.75, 3.05) is 18.1 Å². The van der Waals surface area contributed by atoms with E-state index in [0.29, 0.717) is 30.1 Å². The predicted molar refractivity (Wildman–Crippen MR) is 130 cm³/mol. The van der Waals surface area contributed by atoms with Gasteiger partial charge in [0.2, 0.25) is 5.82 Å². The highest BCUT2D eigenvalue weighted by Crippen LogP contribution is 2.32. The molecule has 9 nitrogen and oxygen atoms in total. The molecule has 2 N–H and O–H groups in total. The first-order valence-corrected chi connectivity index (χ1v) is 11.3. The number of benzene rings is 2. The van der Waals surface area contributed by atoms with Crippen LogP contribution < -0.4 is 15.0 Å². The zero-order valence-electron chi connectivity index (χ0n) is 19.9. The van der Waals surface area contributed by atoms with Crippen LogP contribution in [0, 0.1) is 11.8 Å². The van der Waals surface area contributed by atoms with Gasteiger partial charge in [0.15, 0.2) is 0 Å². The van der Waals surface area contributed by atoms with Crippen LogP contribution in [0.4, 0.5) is 5.69 Å². The molecule has 0 aliphatic carbocycles. The number of likely N-dealkylation sites (N-methyl/N-ethyl adjacent to an activating group) is 1. The Morgan fingerprint density at radius 2 is 2.03 bits per heavy atom. The monoisotopic (exact) mass is 473 g/mol. The van der Waals surface area contributed by atoms with Crippen LogP contribution in [0.5, 0.6) is 5.75 Å². The number of carbonyl (C=O) groups excluding carboxylic acids is 2. The lowest BCUT2D eigenvalue weighted by molar-refractivity contribution is -0.120. The molecule has 4 rings (SSSR count). The molecule has 9 heteroatoms. The summed E-state index contributed by atoms with van der Waals surface area (Å²) in [6.07, 6.45) is 1.48. The number of hydrogen-bond donors (Lipinski definition) is 2. The number of aromatic nitrogens is 3. The van der Waals surface area contributed by atoms with E-state index in [-0.39, 0.29) is 18.3 Å². The summed E-state index contributed by atoms with van der Waals surface area (Å²) < 4.78 is 7.43. The molecule has 0 bridgehead atoms. The SMILES string of the molecule is CCN1C(=O)[C@@H](NC(=O)c2ncn(Cc3ccccc3)n2)COc2ccc(C#CC(C)(C)O)cc21. The zero-order chi connectivity index (χ0) is 25.0. The van der Waals surface area contributed by atoms with Crippen molar-refractivity contribution in [1.29, 1.82) is 0 Å². The van der Waals surface area contributed by atoms with Crippen LogP contribution in [-0.4, -0.2) is 56.5 Å². The summed E-state index contributed by atoms with van der Waals surface area (Å²) in [5, 5.41) is 16.8. The van der Waals surface area contributed by atoms with E-state index in [2.05, 4.69) is 27.2 Å². The Kier molecular flexibility index (Phi) is 6.85. The smallest absolute Gasteiger partial charge is 0.291 e. The molecule has 180 valence electrons. The van der Waals surface area contributed by atoms with Gasteiger partial charge < -0.3 is 20.1 Å². The quantitative estimate of drug-likeness (QED) is 0.549. The van der Waals surface area contributed by atoms with E-state index in [0.717, 1.165) is 5.56 Å². The minimum absolute atomic E-state index is 0.0253. The fourth-order valence-corrected chi connectivity index (χ4v) is 3.60. The Morgan fingerprint density at radius 3 is 2.74 bits per heavy atom. The first-order valence-electron chi connectivity index (χ1n) is 11.3. The minimum atomic E-state index is -1.14. The van der Waals surface area contributed by atoms with E-state index in [1.54, 1.807) is 41.6 Å². The van der Waals surface area contributed by atoms with Crippen molar-refractivity contribution in [3.63, 3.8) is 0 Å². The van der Waals surface area contributed by atoms with Crippen molar-refractivity contribution in [3.05, 3.63) is 71.8 Å². The summed E-state index contributed by atoms with van der Waals surface area (Å²) in [5.41, 5.74) is 1.08. The van der Waals surface area contributed by atoms with Gasteiger partial charge in [-0.05, 0) is 44.5 Å². The third kappa shape index (κ3) is 5.86. The second kappa shape index (κ2) is 9.99. The highest BCUT2D eigenvalue weighted by molar-refractivity contribution is 6.02. The number of ether oxygens (including phenoxy) is 1. The number of fused-ring (bicyclic) bond motifs is 1. The molecule has 0 saturated heterocycles. The molecule has 0 fully saturated rings. The van der Waals surface area contributed by atoms with Crippen molar-refractivity contribution < 1.29 is 19.4 Å².